The van der Waals surface area contributed by atoms with Crippen LogP contribution in [-0.2, 0) is 9.53 Å². The zero-order chi connectivity index (χ0) is 21.0. The van der Waals surface area contributed by atoms with Crippen LogP contribution >= 0.6 is 22.9 Å². The first-order valence-corrected chi connectivity index (χ1v) is 9.53. The number of esters is 1. The number of nitrogens with one attached hydrogen (secondary N) is 1. The molecule has 0 radical (unpaired) electrons. The Kier molecular flexibility index (Phi) is 6.20. The molecule has 148 valence electrons. The van der Waals surface area contributed by atoms with Crippen molar-refractivity contribution >= 4 is 45.6 Å². The SMILES string of the molecule is Cc1ccc(-c2csc(NC(=O)COC(=O)c3ccc(Cl)c([N+](=O)[O-])c3)n2)cc1. The molecule has 1 heterocycles. The van der Waals surface area contributed by atoms with Gasteiger partial charge in [-0.15, -0.1) is 11.3 Å². The number of benzene rings is 2. The number of ether oxygens (including phenoxy) is 1. The van der Waals surface area contributed by atoms with Crippen LogP contribution in [0.25, 0.3) is 11.3 Å². The third-order valence-corrected chi connectivity index (χ3v) is 4.89. The summed E-state index contributed by atoms with van der Waals surface area (Å²) in [5, 5.41) is 15.5. The molecular formula is C19H14ClN3O5S. The number of carbonyl (C=O) groups excluding carboxylic acids is 2. The Balaban J connectivity index is 1.58. The van der Waals surface area contributed by atoms with Gasteiger partial charge in [0.05, 0.1) is 16.2 Å². The van der Waals surface area contributed by atoms with Gasteiger partial charge in [0.1, 0.15) is 5.02 Å². The largest absolute Gasteiger partial charge is 0.452 e. The second-order valence-electron chi connectivity index (χ2n) is 5.95. The molecule has 0 spiro atoms. The summed E-state index contributed by atoms with van der Waals surface area (Å²) in [5.41, 5.74) is 2.27. The van der Waals surface area contributed by atoms with E-state index in [1.165, 1.54) is 23.5 Å². The fraction of sp³-hybridized carbons (Fsp3) is 0.105. The minimum Gasteiger partial charge on any atom is -0.452 e. The van der Waals surface area contributed by atoms with Gasteiger partial charge in [0, 0.05) is 17.0 Å². The second kappa shape index (κ2) is 8.80. The zero-order valence-electron chi connectivity index (χ0n) is 15.0. The molecule has 0 aliphatic carbocycles. The van der Waals surface area contributed by atoms with E-state index in [1.54, 1.807) is 5.38 Å². The zero-order valence-corrected chi connectivity index (χ0v) is 16.6. The van der Waals surface area contributed by atoms with Gasteiger partial charge in [-0.25, -0.2) is 9.78 Å². The summed E-state index contributed by atoms with van der Waals surface area (Å²) in [6, 6.07) is 11.3. The second-order valence-corrected chi connectivity index (χ2v) is 7.22. The lowest BCUT2D eigenvalue weighted by molar-refractivity contribution is -0.384. The summed E-state index contributed by atoms with van der Waals surface area (Å²) >= 11 is 6.95. The third-order valence-electron chi connectivity index (χ3n) is 3.81. The smallest absolute Gasteiger partial charge is 0.338 e. The predicted molar refractivity (Wildman–Crippen MR) is 109 cm³/mol. The van der Waals surface area contributed by atoms with E-state index in [2.05, 4.69) is 10.3 Å². The highest BCUT2D eigenvalue weighted by Crippen LogP contribution is 2.26. The number of hydrogen-bond acceptors (Lipinski definition) is 7. The van der Waals surface area contributed by atoms with Crippen molar-refractivity contribution in [2.24, 2.45) is 0 Å². The molecule has 0 aliphatic heterocycles. The number of nitro groups is 1. The highest BCUT2D eigenvalue weighted by atomic mass is 35.5. The van der Waals surface area contributed by atoms with Crippen LogP contribution in [0.2, 0.25) is 5.02 Å². The molecular weight excluding hydrogens is 418 g/mol. The number of aromatic nitrogens is 1. The molecule has 3 aromatic rings. The summed E-state index contributed by atoms with van der Waals surface area (Å²) in [5.74, 6) is -1.45. The molecule has 8 nitrogen and oxygen atoms in total. The first kappa shape index (κ1) is 20.4. The summed E-state index contributed by atoms with van der Waals surface area (Å²) in [7, 11) is 0. The van der Waals surface area contributed by atoms with Crippen LogP contribution in [0.4, 0.5) is 10.8 Å². The van der Waals surface area contributed by atoms with E-state index in [1.807, 2.05) is 31.2 Å². The number of hydrogen-bond donors (Lipinski definition) is 1. The molecule has 0 atom stereocenters. The minimum atomic E-state index is -0.876. The lowest BCUT2D eigenvalue weighted by Crippen LogP contribution is -2.20. The summed E-state index contributed by atoms with van der Waals surface area (Å²) in [6.45, 7) is 1.43. The van der Waals surface area contributed by atoms with E-state index < -0.39 is 29.1 Å². The van der Waals surface area contributed by atoms with Crippen molar-refractivity contribution in [3.05, 3.63) is 74.1 Å². The number of thiazole rings is 1. The van der Waals surface area contributed by atoms with Crippen LogP contribution in [0.1, 0.15) is 15.9 Å². The van der Waals surface area contributed by atoms with Crippen molar-refractivity contribution in [2.45, 2.75) is 6.92 Å². The van der Waals surface area contributed by atoms with Crippen molar-refractivity contribution in [1.82, 2.24) is 4.98 Å². The van der Waals surface area contributed by atoms with Crippen LogP contribution in [-0.4, -0.2) is 28.4 Å². The van der Waals surface area contributed by atoms with Gasteiger partial charge in [-0.1, -0.05) is 41.4 Å². The molecule has 1 N–H and O–H groups in total. The average molecular weight is 432 g/mol. The van der Waals surface area contributed by atoms with E-state index in [-0.39, 0.29) is 10.6 Å². The van der Waals surface area contributed by atoms with E-state index >= 15 is 0 Å². The number of rotatable bonds is 6. The predicted octanol–water partition coefficient (Wildman–Crippen LogP) is 4.48. The van der Waals surface area contributed by atoms with Gasteiger partial charge < -0.3 is 4.74 Å². The molecule has 29 heavy (non-hydrogen) atoms. The van der Waals surface area contributed by atoms with Crippen LogP contribution in [0.5, 0.6) is 0 Å². The van der Waals surface area contributed by atoms with Gasteiger partial charge >= 0.3 is 5.97 Å². The maximum Gasteiger partial charge on any atom is 0.338 e. The van der Waals surface area contributed by atoms with Gasteiger partial charge in [-0.05, 0) is 19.1 Å². The Morgan fingerprint density at radius 1 is 1.24 bits per heavy atom. The normalized spacial score (nSPS) is 10.4. The van der Waals surface area contributed by atoms with E-state index in [4.69, 9.17) is 16.3 Å². The topological polar surface area (TPSA) is 111 Å². The molecule has 0 aliphatic rings. The lowest BCUT2D eigenvalue weighted by Gasteiger charge is -2.05. The van der Waals surface area contributed by atoms with Crippen LogP contribution in [0, 0.1) is 17.0 Å². The Hall–Kier alpha value is -3.30. The van der Waals surface area contributed by atoms with Crippen LogP contribution in [0.3, 0.4) is 0 Å². The van der Waals surface area contributed by atoms with Gasteiger partial charge in [0.15, 0.2) is 11.7 Å². The number of carbonyl (C=O) groups is 2. The molecule has 0 bridgehead atoms. The van der Waals surface area contributed by atoms with Crippen molar-refractivity contribution in [1.29, 1.82) is 0 Å². The molecule has 0 saturated heterocycles. The molecule has 10 heteroatoms. The Morgan fingerprint density at radius 3 is 2.66 bits per heavy atom. The fourth-order valence-corrected chi connectivity index (χ4v) is 3.26. The summed E-state index contributed by atoms with van der Waals surface area (Å²) in [6.07, 6.45) is 0. The molecule has 0 fully saturated rings. The van der Waals surface area contributed by atoms with Crippen molar-refractivity contribution in [3.63, 3.8) is 0 Å². The monoisotopic (exact) mass is 431 g/mol. The number of amides is 1. The Morgan fingerprint density at radius 2 is 1.97 bits per heavy atom. The summed E-state index contributed by atoms with van der Waals surface area (Å²) < 4.78 is 4.90. The number of aryl methyl sites for hydroxylation is 1. The Labute approximate surface area is 174 Å². The highest BCUT2D eigenvalue weighted by molar-refractivity contribution is 7.14. The van der Waals surface area contributed by atoms with Crippen LogP contribution < -0.4 is 5.32 Å². The van der Waals surface area contributed by atoms with Crippen LogP contribution in [0.15, 0.2) is 47.8 Å². The van der Waals surface area contributed by atoms with Crippen molar-refractivity contribution < 1.29 is 19.2 Å². The molecule has 2 aromatic carbocycles. The number of nitrogens with zero attached hydrogens (tertiary/aromatic N) is 2. The molecule has 1 aromatic heterocycles. The first-order chi connectivity index (χ1) is 13.8. The average Bonchev–Trinajstić information content (AvgIpc) is 3.15. The van der Waals surface area contributed by atoms with E-state index in [0.717, 1.165) is 22.9 Å². The quantitative estimate of drug-likeness (QED) is 0.350. The fourth-order valence-electron chi connectivity index (χ4n) is 2.34. The van der Waals surface area contributed by atoms with Crippen molar-refractivity contribution in [2.75, 3.05) is 11.9 Å². The number of anilines is 1. The van der Waals surface area contributed by atoms with Crippen molar-refractivity contribution in [3.8, 4) is 11.3 Å². The van der Waals surface area contributed by atoms with E-state index in [0.29, 0.717) is 5.13 Å². The lowest BCUT2D eigenvalue weighted by atomic mass is 10.1. The molecule has 0 unspecified atom stereocenters. The summed E-state index contributed by atoms with van der Waals surface area (Å²) in [4.78, 5) is 38.6. The van der Waals surface area contributed by atoms with Gasteiger partial charge in [0.25, 0.3) is 11.6 Å². The first-order valence-electron chi connectivity index (χ1n) is 8.27. The standard InChI is InChI=1S/C19H14ClN3O5S/c1-11-2-4-12(5-3-11)15-10-29-19(21-15)22-17(24)9-28-18(25)13-6-7-14(20)16(8-13)23(26)27/h2-8,10H,9H2,1H3,(H,21,22,24). The maximum atomic E-state index is 12.0. The maximum absolute atomic E-state index is 12.0. The number of halogens is 1. The van der Waals surface area contributed by atoms with Gasteiger partial charge in [0.2, 0.25) is 0 Å². The van der Waals surface area contributed by atoms with Gasteiger partial charge in [-0.3, -0.25) is 20.2 Å². The minimum absolute atomic E-state index is 0.0789. The highest BCUT2D eigenvalue weighted by Gasteiger charge is 2.18. The third kappa shape index (κ3) is 5.15. The number of nitro benzene ring substituents is 1. The molecule has 1 amide bonds. The van der Waals surface area contributed by atoms with Gasteiger partial charge in [-0.2, -0.15) is 0 Å². The Bertz CT molecular complexity index is 1080. The molecule has 3 rings (SSSR count). The molecule has 0 saturated carbocycles. The van der Waals surface area contributed by atoms with E-state index in [9.17, 15) is 19.7 Å².